The molecule has 1 N–H and O–H groups in total. The summed E-state index contributed by atoms with van der Waals surface area (Å²) in [6.45, 7) is 1.97. The van der Waals surface area contributed by atoms with E-state index in [2.05, 4.69) is 12.1 Å². The normalized spacial score (nSPS) is 11.7. The van der Waals surface area contributed by atoms with Crippen molar-refractivity contribution >= 4 is 25.1 Å². The van der Waals surface area contributed by atoms with Crippen LogP contribution in [0.4, 0.5) is 0 Å². The molecule has 0 aliphatic carbocycles. The van der Waals surface area contributed by atoms with Gasteiger partial charge in [0.2, 0.25) is 0 Å². The molecular formula is C15H17ClOS. The van der Waals surface area contributed by atoms with Gasteiger partial charge in [-0.25, -0.2) is 0 Å². The van der Waals surface area contributed by atoms with E-state index in [9.17, 15) is 5.11 Å². The van der Waals surface area contributed by atoms with E-state index in [4.69, 9.17) is 11.6 Å². The maximum atomic E-state index is 9.37. The lowest BCUT2D eigenvalue weighted by molar-refractivity contribution is 0.474. The highest BCUT2D eigenvalue weighted by atomic mass is 35.5. The van der Waals surface area contributed by atoms with Gasteiger partial charge in [0.1, 0.15) is 5.75 Å². The molecule has 0 aliphatic heterocycles. The van der Waals surface area contributed by atoms with E-state index >= 15 is 0 Å². The zero-order chi connectivity index (χ0) is 12.3. The minimum Gasteiger partial charge on any atom is -0.508 e. The van der Waals surface area contributed by atoms with Gasteiger partial charge in [-0.2, -0.15) is 13.5 Å². The number of aryl methyl sites for hydroxylation is 1. The number of hydrogen-bond acceptors (Lipinski definition) is 1. The molecule has 2 aromatic rings. The summed E-state index contributed by atoms with van der Waals surface area (Å²) in [6, 6.07) is 15.5. The maximum Gasteiger partial charge on any atom is 0.115 e. The first-order valence-electron chi connectivity index (χ1n) is 5.64. The summed E-state index contributed by atoms with van der Waals surface area (Å²) in [5.74, 6) is 0.287. The Balaban J connectivity index is 0.00000162. The third kappa shape index (κ3) is 3.69. The van der Waals surface area contributed by atoms with Gasteiger partial charge in [0.25, 0.3) is 0 Å². The summed E-state index contributed by atoms with van der Waals surface area (Å²) in [7, 11) is 0. The fraction of sp³-hybridized carbons (Fsp3) is 0.200. The molecule has 0 radical (unpaired) electrons. The van der Waals surface area contributed by atoms with Crippen molar-refractivity contribution in [2.24, 2.45) is 0 Å². The summed E-state index contributed by atoms with van der Waals surface area (Å²) < 4.78 is 0. The molecule has 1 atom stereocenters. The summed E-state index contributed by atoms with van der Waals surface area (Å²) >= 11 is 6.42. The number of aromatic hydroxyl groups is 1. The summed E-state index contributed by atoms with van der Waals surface area (Å²) in [5.41, 5.74) is 3.33. The van der Waals surface area contributed by atoms with Crippen LogP contribution in [0.1, 0.15) is 22.1 Å². The van der Waals surface area contributed by atoms with Crippen LogP contribution in [0.5, 0.6) is 5.75 Å². The van der Waals surface area contributed by atoms with Crippen LogP contribution < -0.4 is 0 Å². The quantitative estimate of drug-likeness (QED) is 0.830. The monoisotopic (exact) mass is 280 g/mol. The minimum atomic E-state index is -0.0574. The van der Waals surface area contributed by atoms with E-state index in [1.807, 2.05) is 31.2 Å². The number of benzene rings is 2. The zero-order valence-corrected chi connectivity index (χ0v) is 12.0. The molecule has 1 unspecified atom stereocenters. The van der Waals surface area contributed by atoms with Crippen LogP contribution in [0, 0.1) is 6.92 Å². The fourth-order valence-electron chi connectivity index (χ4n) is 1.94. The van der Waals surface area contributed by atoms with E-state index < -0.39 is 0 Å². The molecule has 3 heteroatoms. The van der Waals surface area contributed by atoms with Crippen molar-refractivity contribution in [3.05, 3.63) is 65.2 Å². The Morgan fingerprint density at radius 3 is 2.39 bits per heavy atom. The standard InChI is InChI=1S/C15H15ClO.H2S/c1-11-9-13(17)7-8-14(11)15(16)10-12-5-3-2-4-6-12;/h2-9,15,17H,10H2,1H3;1H2. The largest absolute Gasteiger partial charge is 0.508 e. The van der Waals surface area contributed by atoms with E-state index in [0.717, 1.165) is 17.5 Å². The van der Waals surface area contributed by atoms with E-state index in [1.165, 1.54) is 5.56 Å². The summed E-state index contributed by atoms with van der Waals surface area (Å²) in [4.78, 5) is 0. The van der Waals surface area contributed by atoms with Crippen LogP contribution in [-0.2, 0) is 6.42 Å². The number of phenolic OH excluding ortho intramolecular Hbond substituents is 1. The maximum absolute atomic E-state index is 9.37. The lowest BCUT2D eigenvalue weighted by atomic mass is 10.00. The van der Waals surface area contributed by atoms with E-state index in [1.54, 1.807) is 12.1 Å². The van der Waals surface area contributed by atoms with Gasteiger partial charge in [0.15, 0.2) is 0 Å². The first kappa shape index (κ1) is 14.9. The van der Waals surface area contributed by atoms with Crippen LogP contribution in [-0.4, -0.2) is 5.11 Å². The third-order valence-electron chi connectivity index (χ3n) is 2.85. The van der Waals surface area contributed by atoms with Crippen molar-refractivity contribution in [2.75, 3.05) is 0 Å². The molecule has 0 bridgehead atoms. The van der Waals surface area contributed by atoms with Gasteiger partial charge < -0.3 is 5.11 Å². The van der Waals surface area contributed by atoms with Crippen LogP contribution in [0.3, 0.4) is 0 Å². The number of alkyl halides is 1. The van der Waals surface area contributed by atoms with Crippen molar-refractivity contribution in [3.63, 3.8) is 0 Å². The highest BCUT2D eigenvalue weighted by Crippen LogP contribution is 2.29. The molecule has 0 spiro atoms. The van der Waals surface area contributed by atoms with Crippen molar-refractivity contribution in [1.82, 2.24) is 0 Å². The fourth-order valence-corrected chi connectivity index (χ4v) is 2.37. The molecule has 1 nitrogen and oxygen atoms in total. The highest BCUT2D eigenvalue weighted by Gasteiger charge is 2.11. The molecule has 2 aromatic carbocycles. The summed E-state index contributed by atoms with van der Waals surface area (Å²) in [6.07, 6.45) is 0.800. The lowest BCUT2D eigenvalue weighted by Gasteiger charge is -2.13. The van der Waals surface area contributed by atoms with Crippen LogP contribution in [0.2, 0.25) is 0 Å². The van der Waals surface area contributed by atoms with Crippen molar-refractivity contribution in [2.45, 2.75) is 18.7 Å². The predicted octanol–water partition coefficient (Wildman–Crippen LogP) is 4.34. The van der Waals surface area contributed by atoms with E-state index in [-0.39, 0.29) is 24.6 Å². The van der Waals surface area contributed by atoms with Gasteiger partial charge in [0.05, 0.1) is 5.38 Å². The molecule has 2 rings (SSSR count). The number of phenols is 1. The smallest absolute Gasteiger partial charge is 0.115 e. The zero-order valence-electron chi connectivity index (χ0n) is 10.2. The first-order chi connectivity index (χ1) is 8.16. The Bertz CT molecular complexity index is 499. The average molecular weight is 281 g/mol. The average Bonchev–Trinajstić information content (AvgIpc) is 2.30. The Kier molecular flexibility index (Phi) is 5.57. The molecule has 0 saturated carbocycles. The molecule has 0 saturated heterocycles. The van der Waals surface area contributed by atoms with Gasteiger partial charge in [-0.05, 0) is 42.2 Å². The number of hydrogen-bond donors (Lipinski definition) is 1. The Morgan fingerprint density at radius 1 is 1.11 bits per heavy atom. The SMILES string of the molecule is Cc1cc(O)ccc1C(Cl)Cc1ccccc1.S. The molecule has 0 amide bonds. The van der Waals surface area contributed by atoms with Crippen LogP contribution in [0.25, 0.3) is 0 Å². The van der Waals surface area contributed by atoms with Crippen molar-refractivity contribution < 1.29 is 5.11 Å². The molecule has 0 fully saturated rings. The molecule has 18 heavy (non-hydrogen) atoms. The molecular weight excluding hydrogens is 264 g/mol. The van der Waals surface area contributed by atoms with Gasteiger partial charge in [-0.15, -0.1) is 11.6 Å². The number of halogens is 1. The van der Waals surface area contributed by atoms with Crippen molar-refractivity contribution in [1.29, 1.82) is 0 Å². The molecule has 96 valence electrons. The molecule has 0 aliphatic rings. The lowest BCUT2D eigenvalue weighted by Crippen LogP contribution is -1.98. The Hall–Kier alpha value is -1.12. The van der Waals surface area contributed by atoms with Crippen LogP contribution in [0.15, 0.2) is 48.5 Å². The van der Waals surface area contributed by atoms with Gasteiger partial charge >= 0.3 is 0 Å². The Morgan fingerprint density at radius 2 is 1.78 bits per heavy atom. The van der Waals surface area contributed by atoms with E-state index in [0.29, 0.717) is 0 Å². The van der Waals surface area contributed by atoms with Gasteiger partial charge in [-0.1, -0.05) is 36.4 Å². The minimum absolute atomic E-state index is 0. The second-order valence-corrected chi connectivity index (χ2v) is 4.72. The van der Waals surface area contributed by atoms with Gasteiger partial charge in [-0.3, -0.25) is 0 Å². The molecule has 0 aromatic heterocycles. The second kappa shape index (κ2) is 6.72. The summed E-state index contributed by atoms with van der Waals surface area (Å²) in [5, 5.41) is 9.31. The topological polar surface area (TPSA) is 20.2 Å². The van der Waals surface area contributed by atoms with Gasteiger partial charge in [0, 0.05) is 0 Å². The van der Waals surface area contributed by atoms with Crippen LogP contribution >= 0.6 is 25.1 Å². The molecule has 0 heterocycles. The predicted molar refractivity (Wildman–Crippen MR) is 82.0 cm³/mol. The third-order valence-corrected chi connectivity index (χ3v) is 3.24. The Labute approximate surface area is 120 Å². The van der Waals surface area contributed by atoms with Crippen molar-refractivity contribution in [3.8, 4) is 5.75 Å². The highest BCUT2D eigenvalue weighted by molar-refractivity contribution is 7.59. The second-order valence-electron chi connectivity index (χ2n) is 4.20. The first-order valence-corrected chi connectivity index (χ1v) is 6.08. The number of rotatable bonds is 3.